The van der Waals surface area contributed by atoms with Crippen molar-refractivity contribution in [3.8, 4) is 5.75 Å². The number of nitrogens with zero attached hydrogens (tertiary/aromatic N) is 1. The molecule has 1 aromatic rings. The Kier molecular flexibility index (Phi) is 4.65. The zero-order chi connectivity index (χ0) is 13.7. The first-order chi connectivity index (χ1) is 8.45. The number of phenolic OH excluding ortho intramolecular Hbond substituents is 1. The lowest BCUT2D eigenvalue weighted by atomic mass is 10.1. The maximum Gasteiger partial charge on any atom is 0.325 e. The quantitative estimate of drug-likeness (QED) is 0.820. The molecule has 0 aromatic heterocycles. The van der Waals surface area contributed by atoms with Crippen molar-refractivity contribution >= 4 is 11.9 Å². The van der Waals surface area contributed by atoms with Crippen molar-refractivity contribution < 1.29 is 23.8 Å². The maximum absolute atomic E-state index is 13.0. The van der Waals surface area contributed by atoms with Gasteiger partial charge < -0.3 is 14.7 Å². The number of rotatable bonds is 4. The second-order valence-electron chi connectivity index (χ2n) is 3.63. The van der Waals surface area contributed by atoms with E-state index in [9.17, 15) is 19.1 Å². The van der Waals surface area contributed by atoms with Crippen LogP contribution in [0, 0.1) is 5.82 Å². The molecule has 0 fully saturated rings. The molecule has 0 heterocycles. The number of hydrogen-bond acceptors (Lipinski definition) is 4. The van der Waals surface area contributed by atoms with Gasteiger partial charge in [-0.2, -0.15) is 0 Å². The molecule has 0 saturated heterocycles. The lowest BCUT2D eigenvalue weighted by molar-refractivity contribution is -0.143. The minimum atomic E-state index is -0.653. The van der Waals surface area contributed by atoms with Gasteiger partial charge in [-0.25, -0.2) is 4.39 Å². The second-order valence-corrected chi connectivity index (χ2v) is 3.63. The highest BCUT2D eigenvalue weighted by atomic mass is 19.1. The van der Waals surface area contributed by atoms with Crippen LogP contribution in [0.5, 0.6) is 5.75 Å². The van der Waals surface area contributed by atoms with Crippen LogP contribution in [0.1, 0.15) is 17.3 Å². The topological polar surface area (TPSA) is 66.8 Å². The van der Waals surface area contributed by atoms with E-state index in [1.165, 1.54) is 7.05 Å². The molecule has 6 heteroatoms. The summed E-state index contributed by atoms with van der Waals surface area (Å²) in [4.78, 5) is 24.1. The third-order valence-electron chi connectivity index (χ3n) is 2.21. The highest BCUT2D eigenvalue weighted by Gasteiger charge is 2.19. The van der Waals surface area contributed by atoms with Gasteiger partial charge in [0.1, 0.15) is 18.1 Å². The predicted molar refractivity (Wildman–Crippen MR) is 61.7 cm³/mol. The van der Waals surface area contributed by atoms with Gasteiger partial charge in [0.25, 0.3) is 5.91 Å². The van der Waals surface area contributed by atoms with E-state index in [0.29, 0.717) is 0 Å². The molecule has 1 N–H and O–H groups in total. The Morgan fingerprint density at radius 3 is 2.72 bits per heavy atom. The van der Waals surface area contributed by atoms with Crippen LogP contribution in [0.25, 0.3) is 0 Å². The molecule has 0 aliphatic rings. The van der Waals surface area contributed by atoms with Crippen molar-refractivity contribution in [3.05, 3.63) is 29.6 Å². The fourth-order valence-electron chi connectivity index (χ4n) is 1.36. The molecule has 0 radical (unpaired) electrons. The van der Waals surface area contributed by atoms with E-state index in [1.807, 2.05) is 0 Å². The van der Waals surface area contributed by atoms with Gasteiger partial charge in [-0.05, 0) is 25.1 Å². The van der Waals surface area contributed by atoms with Crippen LogP contribution in [-0.2, 0) is 9.53 Å². The summed E-state index contributed by atoms with van der Waals surface area (Å²) in [5.74, 6) is -2.19. The summed E-state index contributed by atoms with van der Waals surface area (Å²) in [5.41, 5.74) is -0.193. The number of halogens is 1. The van der Waals surface area contributed by atoms with Crippen LogP contribution < -0.4 is 0 Å². The standard InChI is InChI=1S/C12H14FNO4/c1-3-18-11(16)7-14(2)12(17)9-6-8(13)4-5-10(9)15/h4-6,15H,3,7H2,1-2H3. The van der Waals surface area contributed by atoms with Crippen LogP contribution >= 0.6 is 0 Å². The average molecular weight is 255 g/mol. The Bertz CT molecular complexity index is 461. The molecule has 0 saturated carbocycles. The molecule has 98 valence electrons. The SMILES string of the molecule is CCOC(=O)CN(C)C(=O)c1cc(F)ccc1O. The molecular formula is C12H14FNO4. The number of ether oxygens (including phenoxy) is 1. The number of carbonyl (C=O) groups excluding carboxylic acids is 2. The molecule has 1 aromatic carbocycles. The molecular weight excluding hydrogens is 241 g/mol. The molecule has 0 spiro atoms. The molecule has 1 amide bonds. The molecule has 5 nitrogen and oxygen atoms in total. The summed E-state index contributed by atoms with van der Waals surface area (Å²) >= 11 is 0. The third kappa shape index (κ3) is 3.44. The van der Waals surface area contributed by atoms with E-state index in [0.717, 1.165) is 23.1 Å². The van der Waals surface area contributed by atoms with Gasteiger partial charge in [0, 0.05) is 7.05 Å². The third-order valence-corrected chi connectivity index (χ3v) is 2.21. The van der Waals surface area contributed by atoms with Gasteiger partial charge >= 0.3 is 5.97 Å². The number of amides is 1. The van der Waals surface area contributed by atoms with Gasteiger partial charge in [-0.15, -0.1) is 0 Å². The normalized spacial score (nSPS) is 9.94. The molecule has 0 aliphatic heterocycles. The summed E-state index contributed by atoms with van der Waals surface area (Å²) in [5, 5.41) is 9.46. The van der Waals surface area contributed by atoms with Crippen molar-refractivity contribution in [2.45, 2.75) is 6.92 Å². The summed E-state index contributed by atoms with van der Waals surface area (Å²) in [6.45, 7) is 1.60. The number of hydrogen-bond donors (Lipinski definition) is 1. The minimum absolute atomic E-state index is 0.193. The van der Waals surface area contributed by atoms with Gasteiger partial charge in [0.2, 0.25) is 0 Å². The predicted octanol–water partition coefficient (Wildman–Crippen LogP) is 1.17. The Morgan fingerprint density at radius 1 is 1.44 bits per heavy atom. The second kappa shape index (κ2) is 6.00. The highest BCUT2D eigenvalue weighted by Crippen LogP contribution is 2.19. The Morgan fingerprint density at radius 2 is 2.11 bits per heavy atom. The van der Waals surface area contributed by atoms with Gasteiger partial charge in [0.05, 0.1) is 12.2 Å². The zero-order valence-corrected chi connectivity index (χ0v) is 10.1. The number of benzene rings is 1. The van der Waals surface area contributed by atoms with Gasteiger partial charge in [-0.3, -0.25) is 9.59 Å². The smallest absolute Gasteiger partial charge is 0.325 e. The van der Waals surface area contributed by atoms with Crippen molar-refractivity contribution in [1.29, 1.82) is 0 Å². The number of aromatic hydroxyl groups is 1. The van der Waals surface area contributed by atoms with E-state index in [-0.39, 0.29) is 24.5 Å². The van der Waals surface area contributed by atoms with Gasteiger partial charge in [-0.1, -0.05) is 0 Å². The van der Waals surface area contributed by atoms with Crippen molar-refractivity contribution in [3.63, 3.8) is 0 Å². The fraction of sp³-hybridized carbons (Fsp3) is 0.333. The van der Waals surface area contributed by atoms with Crippen LogP contribution in [0.3, 0.4) is 0 Å². The number of esters is 1. The molecule has 0 bridgehead atoms. The number of likely N-dealkylation sites (N-methyl/N-ethyl adjacent to an activating group) is 1. The summed E-state index contributed by atoms with van der Waals surface area (Å²) in [7, 11) is 1.36. The molecule has 0 atom stereocenters. The molecule has 0 unspecified atom stereocenters. The lowest BCUT2D eigenvalue weighted by Crippen LogP contribution is -2.33. The van der Waals surface area contributed by atoms with Crippen LogP contribution in [0.15, 0.2) is 18.2 Å². The van der Waals surface area contributed by atoms with Crippen molar-refractivity contribution in [1.82, 2.24) is 4.90 Å². The highest BCUT2D eigenvalue weighted by molar-refractivity contribution is 5.98. The van der Waals surface area contributed by atoms with Crippen molar-refractivity contribution in [2.24, 2.45) is 0 Å². The Balaban J connectivity index is 2.80. The minimum Gasteiger partial charge on any atom is -0.507 e. The Hall–Kier alpha value is -2.11. The summed E-state index contributed by atoms with van der Waals surface area (Å²) in [6, 6.07) is 3.04. The summed E-state index contributed by atoms with van der Waals surface area (Å²) < 4.78 is 17.7. The van der Waals surface area contributed by atoms with E-state index in [2.05, 4.69) is 4.74 Å². The largest absolute Gasteiger partial charge is 0.507 e. The zero-order valence-electron chi connectivity index (χ0n) is 10.1. The molecule has 0 aliphatic carbocycles. The van der Waals surface area contributed by atoms with Crippen LogP contribution in [-0.4, -0.2) is 42.1 Å². The van der Waals surface area contributed by atoms with Crippen LogP contribution in [0.4, 0.5) is 4.39 Å². The number of phenols is 1. The fourth-order valence-corrected chi connectivity index (χ4v) is 1.36. The van der Waals surface area contributed by atoms with Crippen molar-refractivity contribution in [2.75, 3.05) is 20.2 Å². The van der Waals surface area contributed by atoms with E-state index < -0.39 is 17.7 Å². The maximum atomic E-state index is 13.0. The molecule has 1 rings (SSSR count). The van der Waals surface area contributed by atoms with Crippen LogP contribution in [0.2, 0.25) is 0 Å². The van der Waals surface area contributed by atoms with Gasteiger partial charge in [0.15, 0.2) is 0 Å². The lowest BCUT2D eigenvalue weighted by Gasteiger charge is -2.16. The first-order valence-electron chi connectivity index (χ1n) is 5.35. The first kappa shape index (κ1) is 14.0. The summed E-state index contributed by atoms with van der Waals surface area (Å²) in [6.07, 6.45) is 0. The van der Waals surface area contributed by atoms with E-state index in [4.69, 9.17) is 0 Å². The monoisotopic (exact) mass is 255 g/mol. The first-order valence-corrected chi connectivity index (χ1v) is 5.35. The number of carbonyl (C=O) groups is 2. The van der Waals surface area contributed by atoms with E-state index >= 15 is 0 Å². The molecule has 18 heavy (non-hydrogen) atoms. The Labute approximate surface area is 104 Å². The van der Waals surface area contributed by atoms with E-state index in [1.54, 1.807) is 6.92 Å². The average Bonchev–Trinajstić information content (AvgIpc) is 2.31.